The molecule has 4 heteroatoms. The third-order valence-electron chi connectivity index (χ3n) is 3.13. The maximum atomic E-state index is 12.7. The summed E-state index contributed by atoms with van der Waals surface area (Å²) in [7, 11) is 0. The Bertz CT molecular complexity index is 380. The van der Waals surface area contributed by atoms with Gasteiger partial charge in [0.25, 0.3) is 0 Å². The second-order valence-electron chi connectivity index (χ2n) is 4.58. The van der Waals surface area contributed by atoms with Crippen molar-refractivity contribution in [3.8, 4) is 0 Å². The van der Waals surface area contributed by atoms with Gasteiger partial charge in [0.15, 0.2) is 0 Å². The summed E-state index contributed by atoms with van der Waals surface area (Å²) in [5.41, 5.74) is -0.554. The van der Waals surface area contributed by atoms with Crippen LogP contribution in [0.15, 0.2) is 24.3 Å². The molecule has 0 aromatic heterocycles. The summed E-state index contributed by atoms with van der Waals surface area (Å²) in [5.74, 6) is 0. The molecule has 0 unspecified atom stereocenters. The molecular weight excluding hydrogens is 215 g/mol. The molecule has 0 aliphatic heterocycles. The van der Waals surface area contributed by atoms with E-state index in [1.165, 1.54) is 12.1 Å². The van der Waals surface area contributed by atoms with Crippen molar-refractivity contribution < 1.29 is 13.2 Å². The minimum Gasteiger partial charge on any atom is -0.379 e. The van der Waals surface area contributed by atoms with Crippen molar-refractivity contribution in [3.05, 3.63) is 29.8 Å². The molecule has 1 N–H and O–H groups in total. The van der Waals surface area contributed by atoms with E-state index in [-0.39, 0.29) is 11.2 Å². The highest BCUT2D eigenvalue weighted by atomic mass is 19.4. The normalized spacial score (nSPS) is 19.0. The van der Waals surface area contributed by atoms with Crippen molar-refractivity contribution in [3.63, 3.8) is 0 Å². The van der Waals surface area contributed by atoms with E-state index in [0.717, 1.165) is 25.3 Å². The fourth-order valence-corrected chi connectivity index (χ4v) is 2.00. The minimum absolute atomic E-state index is 0.165. The number of alkyl halides is 3. The molecule has 0 radical (unpaired) electrons. The van der Waals surface area contributed by atoms with E-state index in [1.807, 2.05) is 6.92 Å². The Morgan fingerprint density at radius 2 is 1.81 bits per heavy atom. The van der Waals surface area contributed by atoms with Gasteiger partial charge in [0.2, 0.25) is 0 Å². The molecule has 0 saturated heterocycles. The van der Waals surface area contributed by atoms with Gasteiger partial charge >= 0.3 is 6.18 Å². The van der Waals surface area contributed by atoms with Crippen molar-refractivity contribution in [2.45, 2.75) is 37.9 Å². The van der Waals surface area contributed by atoms with Crippen LogP contribution >= 0.6 is 0 Å². The summed E-state index contributed by atoms with van der Waals surface area (Å²) in [5, 5.41) is 3.01. The molecule has 1 saturated carbocycles. The van der Waals surface area contributed by atoms with Crippen molar-refractivity contribution in [1.82, 2.24) is 0 Å². The first-order chi connectivity index (χ1) is 7.41. The number of nitrogens with one attached hydrogen (secondary N) is 1. The highest BCUT2D eigenvalue weighted by molar-refractivity contribution is 5.54. The molecule has 88 valence electrons. The second kappa shape index (κ2) is 3.68. The van der Waals surface area contributed by atoms with Gasteiger partial charge in [-0.05, 0) is 38.3 Å². The maximum Gasteiger partial charge on any atom is 0.418 e. The lowest BCUT2D eigenvalue weighted by Gasteiger charge is -2.40. The third-order valence-corrected chi connectivity index (χ3v) is 3.13. The van der Waals surface area contributed by atoms with Crippen LogP contribution in [0.4, 0.5) is 18.9 Å². The predicted octanol–water partition coefficient (Wildman–Crippen LogP) is 4.06. The fourth-order valence-electron chi connectivity index (χ4n) is 2.00. The van der Waals surface area contributed by atoms with E-state index < -0.39 is 11.7 Å². The Morgan fingerprint density at radius 1 is 1.19 bits per heavy atom. The number of hydrogen-bond donors (Lipinski definition) is 1. The van der Waals surface area contributed by atoms with Crippen molar-refractivity contribution in [1.29, 1.82) is 0 Å². The summed E-state index contributed by atoms with van der Waals surface area (Å²) >= 11 is 0. The van der Waals surface area contributed by atoms with Gasteiger partial charge in [-0.15, -0.1) is 0 Å². The summed E-state index contributed by atoms with van der Waals surface area (Å²) < 4.78 is 38.1. The first-order valence-corrected chi connectivity index (χ1v) is 5.35. The first kappa shape index (κ1) is 11.3. The molecule has 1 aromatic carbocycles. The topological polar surface area (TPSA) is 12.0 Å². The largest absolute Gasteiger partial charge is 0.418 e. The Kier molecular flexibility index (Phi) is 2.60. The third kappa shape index (κ3) is 2.15. The molecule has 1 nitrogen and oxygen atoms in total. The molecule has 2 rings (SSSR count). The van der Waals surface area contributed by atoms with Gasteiger partial charge in [-0.3, -0.25) is 0 Å². The molecule has 0 atom stereocenters. The zero-order valence-electron chi connectivity index (χ0n) is 9.06. The molecule has 1 aromatic rings. The van der Waals surface area contributed by atoms with Gasteiger partial charge in [0.05, 0.1) is 5.56 Å². The Morgan fingerprint density at radius 3 is 2.31 bits per heavy atom. The summed E-state index contributed by atoms with van der Waals surface area (Å²) in [6.45, 7) is 1.96. The van der Waals surface area contributed by atoms with Gasteiger partial charge in [0.1, 0.15) is 0 Å². The van der Waals surface area contributed by atoms with E-state index >= 15 is 0 Å². The zero-order chi connectivity index (χ0) is 11.8. The van der Waals surface area contributed by atoms with E-state index in [2.05, 4.69) is 5.32 Å². The molecule has 0 spiro atoms. The first-order valence-electron chi connectivity index (χ1n) is 5.35. The summed E-state index contributed by atoms with van der Waals surface area (Å²) in [6.07, 6.45) is -1.35. The van der Waals surface area contributed by atoms with Crippen molar-refractivity contribution in [2.75, 3.05) is 5.32 Å². The lowest BCUT2D eigenvalue weighted by Crippen LogP contribution is -2.42. The summed E-state index contributed by atoms with van der Waals surface area (Å²) in [4.78, 5) is 0. The number of benzene rings is 1. The van der Waals surface area contributed by atoms with Crippen LogP contribution in [0, 0.1) is 0 Å². The van der Waals surface area contributed by atoms with Crippen LogP contribution in [0.3, 0.4) is 0 Å². The van der Waals surface area contributed by atoms with Crippen LogP contribution in [-0.2, 0) is 6.18 Å². The fraction of sp³-hybridized carbons (Fsp3) is 0.500. The lowest BCUT2D eigenvalue weighted by molar-refractivity contribution is -0.137. The molecular formula is C12H14F3N. The maximum absolute atomic E-state index is 12.7. The quantitative estimate of drug-likeness (QED) is 0.806. The van der Waals surface area contributed by atoms with Gasteiger partial charge < -0.3 is 5.32 Å². The van der Waals surface area contributed by atoms with Gasteiger partial charge in [-0.2, -0.15) is 13.2 Å². The van der Waals surface area contributed by atoms with E-state index in [9.17, 15) is 13.2 Å². The molecule has 1 aliphatic carbocycles. The Hall–Kier alpha value is -1.19. The van der Waals surface area contributed by atoms with Crippen molar-refractivity contribution in [2.24, 2.45) is 0 Å². The highest BCUT2D eigenvalue weighted by Gasteiger charge is 2.37. The molecule has 0 bridgehead atoms. The standard InChI is InChI=1S/C12H14F3N/c1-11(7-4-8-11)16-10-6-3-2-5-9(10)12(13,14)15/h2-3,5-6,16H,4,7-8H2,1H3. The minimum atomic E-state index is -4.29. The van der Waals surface area contributed by atoms with Gasteiger partial charge in [-0.25, -0.2) is 0 Å². The number of anilines is 1. The van der Waals surface area contributed by atoms with E-state index in [4.69, 9.17) is 0 Å². The van der Waals surface area contributed by atoms with Crippen LogP contribution < -0.4 is 5.32 Å². The second-order valence-corrected chi connectivity index (χ2v) is 4.58. The predicted molar refractivity (Wildman–Crippen MR) is 57.3 cm³/mol. The number of halogens is 3. The van der Waals surface area contributed by atoms with Crippen LogP contribution in [0.5, 0.6) is 0 Å². The molecule has 1 fully saturated rings. The van der Waals surface area contributed by atoms with E-state index in [1.54, 1.807) is 6.07 Å². The Balaban J connectivity index is 2.26. The monoisotopic (exact) mass is 229 g/mol. The Labute approximate surface area is 92.7 Å². The van der Waals surface area contributed by atoms with Crippen LogP contribution in [0.1, 0.15) is 31.7 Å². The molecule has 0 heterocycles. The number of hydrogen-bond acceptors (Lipinski definition) is 1. The lowest BCUT2D eigenvalue weighted by atomic mass is 9.78. The summed E-state index contributed by atoms with van der Waals surface area (Å²) in [6, 6.07) is 5.65. The van der Waals surface area contributed by atoms with Crippen LogP contribution in [0.25, 0.3) is 0 Å². The average molecular weight is 229 g/mol. The van der Waals surface area contributed by atoms with Gasteiger partial charge in [-0.1, -0.05) is 12.1 Å². The average Bonchev–Trinajstić information content (AvgIpc) is 2.14. The van der Waals surface area contributed by atoms with Gasteiger partial charge in [0, 0.05) is 11.2 Å². The highest BCUT2D eigenvalue weighted by Crippen LogP contribution is 2.39. The zero-order valence-corrected chi connectivity index (χ0v) is 9.06. The van der Waals surface area contributed by atoms with Crippen LogP contribution in [0.2, 0.25) is 0 Å². The van der Waals surface area contributed by atoms with E-state index in [0.29, 0.717) is 0 Å². The van der Waals surface area contributed by atoms with Crippen molar-refractivity contribution >= 4 is 5.69 Å². The van der Waals surface area contributed by atoms with Crippen LogP contribution in [-0.4, -0.2) is 5.54 Å². The molecule has 0 amide bonds. The molecule has 16 heavy (non-hydrogen) atoms. The molecule has 1 aliphatic rings. The SMILES string of the molecule is CC1(Nc2ccccc2C(F)(F)F)CCC1. The number of rotatable bonds is 2. The number of para-hydroxylation sites is 1. The smallest absolute Gasteiger partial charge is 0.379 e.